The average molecular weight is 302 g/mol. The standard InChI is InChI=1S/C14H14N4O4/c1-22-14-11(6-4-8-15-14)17-13(19)9-16-10-5-2-3-7-12(10)18(20)21/h2-8,16H,9H2,1H3,(H,17,19). The molecular weight excluding hydrogens is 288 g/mol. The topological polar surface area (TPSA) is 106 Å². The molecule has 1 aromatic carbocycles. The number of rotatable bonds is 6. The maximum Gasteiger partial charge on any atom is 0.292 e. The van der Waals surface area contributed by atoms with Gasteiger partial charge in [-0.25, -0.2) is 4.98 Å². The summed E-state index contributed by atoms with van der Waals surface area (Å²) < 4.78 is 5.02. The summed E-state index contributed by atoms with van der Waals surface area (Å²) in [5.41, 5.74) is 0.620. The first-order valence-corrected chi connectivity index (χ1v) is 6.38. The van der Waals surface area contributed by atoms with Crippen molar-refractivity contribution in [2.24, 2.45) is 0 Å². The number of hydrogen-bond acceptors (Lipinski definition) is 6. The van der Waals surface area contributed by atoms with Gasteiger partial charge in [0, 0.05) is 12.3 Å². The van der Waals surface area contributed by atoms with Crippen LogP contribution in [0.4, 0.5) is 17.1 Å². The number of aromatic nitrogens is 1. The second-order valence-corrected chi connectivity index (χ2v) is 4.24. The number of pyridine rings is 1. The summed E-state index contributed by atoms with van der Waals surface area (Å²) in [5.74, 6) is -0.0778. The van der Waals surface area contributed by atoms with E-state index in [1.165, 1.54) is 19.2 Å². The van der Waals surface area contributed by atoms with E-state index in [-0.39, 0.29) is 23.8 Å². The molecule has 0 aliphatic rings. The number of hydrogen-bond donors (Lipinski definition) is 2. The van der Waals surface area contributed by atoms with Gasteiger partial charge in [-0.2, -0.15) is 0 Å². The van der Waals surface area contributed by atoms with Crippen molar-refractivity contribution in [3.05, 3.63) is 52.7 Å². The number of nitrogens with zero attached hydrogens (tertiary/aromatic N) is 2. The average Bonchev–Trinajstić information content (AvgIpc) is 2.53. The number of amides is 1. The molecule has 2 N–H and O–H groups in total. The Hall–Kier alpha value is -3.16. The predicted molar refractivity (Wildman–Crippen MR) is 81.0 cm³/mol. The number of carbonyl (C=O) groups is 1. The minimum absolute atomic E-state index is 0.0886. The normalized spacial score (nSPS) is 9.86. The van der Waals surface area contributed by atoms with E-state index < -0.39 is 4.92 Å². The van der Waals surface area contributed by atoms with Crippen molar-refractivity contribution in [2.45, 2.75) is 0 Å². The van der Waals surface area contributed by atoms with Crippen LogP contribution in [0.5, 0.6) is 5.88 Å². The number of benzene rings is 1. The Kier molecular flexibility index (Phi) is 4.86. The molecule has 8 heteroatoms. The molecule has 0 saturated carbocycles. The number of anilines is 2. The Morgan fingerprint density at radius 3 is 2.73 bits per heavy atom. The minimum atomic E-state index is -0.510. The molecule has 2 aromatic rings. The van der Waals surface area contributed by atoms with Crippen LogP contribution in [0, 0.1) is 10.1 Å². The molecular formula is C14H14N4O4. The molecule has 22 heavy (non-hydrogen) atoms. The van der Waals surface area contributed by atoms with Gasteiger partial charge in [0.1, 0.15) is 11.4 Å². The Labute approximate surface area is 126 Å². The number of ether oxygens (including phenoxy) is 1. The van der Waals surface area contributed by atoms with Crippen molar-refractivity contribution in [1.82, 2.24) is 4.98 Å². The van der Waals surface area contributed by atoms with Crippen LogP contribution < -0.4 is 15.4 Å². The number of para-hydroxylation sites is 2. The van der Waals surface area contributed by atoms with Crippen LogP contribution in [0.25, 0.3) is 0 Å². The van der Waals surface area contributed by atoms with Gasteiger partial charge in [0.05, 0.1) is 18.6 Å². The molecule has 0 unspecified atom stereocenters. The zero-order valence-electron chi connectivity index (χ0n) is 11.8. The molecule has 1 heterocycles. The Balaban J connectivity index is 2.00. The second-order valence-electron chi connectivity index (χ2n) is 4.24. The van der Waals surface area contributed by atoms with E-state index in [1.807, 2.05) is 0 Å². The summed E-state index contributed by atoms with van der Waals surface area (Å²) in [6.07, 6.45) is 1.54. The molecule has 8 nitrogen and oxygen atoms in total. The molecule has 0 fully saturated rings. The molecule has 0 radical (unpaired) electrons. The molecule has 0 aliphatic heterocycles. The maximum atomic E-state index is 11.9. The van der Waals surface area contributed by atoms with Gasteiger partial charge in [-0.3, -0.25) is 14.9 Å². The van der Waals surface area contributed by atoms with Crippen LogP contribution in [0.1, 0.15) is 0 Å². The first kappa shape index (κ1) is 15.2. The van der Waals surface area contributed by atoms with Crippen LogP contribution >= 0.6 is 0 Å². The van der Waals surface area contributed by atoms with Crippen LogP contribution in [0.2, 0.25) is 0 Å². The summed E-state index contributed by atoms with van der Waals surface area (Å²) in [7, 11) is 1.45. The molecule has 0 aliphatic carbocycles. The van der Waals surface area contributed by atoms with E-state index in [1.54, 1.807) is 30.5 Å². The lowest BCUT2D eigenvalue weighted by Gasteiger charge is -2.10. The van der Waals surface area contributed by atoms with E-state index in [9.17, 15) is 14.9 Å². The lowest BCUT2D eigenvalue weighted by Crippen LogP contribution is -2.22. The lowest BCUT2D eigenvalue weighted by molar-refractivity contribution is -0.383. The van der Waals surface area contributed by atoms with E-state index in [0.29, 0.717) is 11.6 Å². The van der Waals surface area contributed by atoms with Crippen LogP contribution in [-0.4, -0.2) is 29.5 Å². The van der Waals surface area contributed by atoms with Crippen molar-refractivity contribution < 1.29 is 14.5 Å². The highest BCUT2D eigenvalue weighted by Crippen LogP contribution is 2.23. The highest BCUT2D eigenvalue weighted by molar-refractivity contribution is 5.95. The summed E-state index contributed by atoms with van der Waals surface area (Å²) >= 11 is 0. The first-order chi connectivity index (χ1) is 10.6. The number of nitro groups is 1. The zero-order chi connectivity index (χ0) is 15.9. The SMILES string of the molecule is COc1ncccc1NC(=O)CNc1ccccc1[N+](=O)[O-]. The summed E-state index contributed by atoms with van der Waals surface area (Å²) in [6, 6.07) is 9.42. The molecule has 0 bridgehead atoms. The molecule has 1 amide bonds. The quantitative estimate of drug-likeness (QED) is 0.624. The monoisotopic (exact) mass is 302 g/mol. The Morgan fingerprint density at radius 2 is 2.00 bits per heavy atom. The van der Waals surface area contributed by atoms with Crippen LogP contribution in [0.3, 0.4) is 0 Å². The van der Waals surface area contributed by atoms with Crippen LogP contribution in [-0.2, 0) is 4.79 Å². The fourth-order valence-electron chi connectivity index (χ4n) is 1.80. The number of nitrogens with one attached hydrogen (secondary N) is 2. The van der Waals surface area contributed by atoms with Gasteiger partial charge < -0.3 is 15.4 Å². The van der Waals surface area contributed by atoms with Crippen molar-refractivity contribution in [2.75, 3.05) is 24.3 Å². The van der Waals surface area contributed by atoms with Crippen molar-refractivity contribution in [3.63, 3.8) is 0 Å². The van der Waals surface area contributed by atoms with Crippen molar-refractivity contribution in [3.8, 4) is 5.88 Å². The molecule has 0 atom stereocenters. The molecule has 0 spiro atoms. The third kappa shape index (κ3) is 3.69. The van der Waals surface area contributed by atoms with Gasteiger partial charge in [0.15, 0.2) is 0 Å². The first-order valence-electron chi connectivity index (χ1n) is 6.38. The zero-order valence-corrected chi connectivity index (χ0v) is 11.8. The Bertz CT molecular complexity index is 690. The Morgan fingerprint density at radius 1 is 1.27 bits per heavy atom. The highest BCUT2D eigenvalue weighted by atomic mass is 16.6. The van der Waals surface area contributed by atoms with E-state index in [2.05, 4.69) is 15.6 Å². The number of methoxy groups -OCH3 is 1. The van der Waals surface area contributed by atoms with Gasteiger partial charge >= 0.3 is 0 Å². The number of nitro benzene ring substituents is 1. The van der Waals surface area contributed by atoms with Gasteiger partial charge in [0.25, 0.3) is 5.69 Å². The highest BCUT2D eigenvalue weighted by Gasteiger charge is 2.13. The van der Waals surface area contributed by atoms with E-state index in [4.69, 9.17) is 4.74 Å². The number of carbonyl (C=O) groups excluding carboxylic acids is 1. The van der Waals surface area contributed by atoms with E-state index in [0.717, 1.165) is 0 Å². The lowest BCUT2D eigenvalue weighted by atomic mass is 10.2. The van der Waals surface area contributed by atoms with Crippen molar-refractivity contribution >= 4 is 23.0 Å². The largest absolute Gasteiger partial charge is 0.480 e. The third-order valence-electron chi connectivity index (χ3n) is 2.78. The van der Waals surface area contributed by atoms with Crippen molar-refractivity contribution in [1.29, 1.82) is 0 Å². The summed E-state index contributed by atoms with van der Waals surface area (Å²) in [5, 5.41) is 16.2. The summed E-state index contributed by atoms with van der Waals surface area (Å²) in [4.78, 5) is 26.2. The van der Waals surface area contributed by atoms with Gasteiger partial charge in [-0.05, 0) is 18.2 Å². The minimum Gasteiger partial charge on any atom is -0.480 e. The van der Waals surface area contributed by atoms with Gasteiger partial charge in [-0.1, -0.05) is 12.1 Å². The third-order valence-corrected chi connectivity index (χ3v) is 2.78. The molecule has 1 aromatic heterocycles. The fraction of sp³-hybridized carbons (Fsp3) is 0.143. The fourth-order valence-corrected chi connectivity index (χ4v) is 1.80. The molecule has 0 saturated heterocycles. The molecule has 2 rings (SSSR count). The summed E-state index contributed by atoms with van der Waals surface area (Å²) in [6.45, 7) is -0.122. The molecule has 114 valence electrons. The van der Waals surface area contributed by atoms with E-state index >= 15 is 0 Å². The maximum absolute atomic E-state index is 11.9. The smallest absolute Gasteiger partial charge is 0.292 e. The van der Waals surface area contributed by atoms with Gasteiger partial charge in [-0.15, -0.1) is 0 Å². The predicted octanol–water partition coefficient (Wildman–Crippen LogP) is 2.05. The van der Waals surface area contributed by atoms with Crippen LogP contribution in [0.15, 0.2) is 42.6 Å². The second kappa shape index (κ2) is 7.02. The van der Waals surface area contributed by atoms with Gasteiger partial charge in [0.2, 0.25) is 11.8 Å².